The van der Waals surface area contributed by atoms with E-state index in [1.165, 1.54) is 0 Å². The SMILES string of the molecule is CC1(C)CC(=O)C2C(=Nc3ccccc3NC2c2cc(Cl)ccc2O)C1. The van der Waals surface area contributed by atoms with Crippen molar-refractivity contribution in [2.75, 3.05) is 5.32 Å². The minimum absolute atomic E-state index is 0.118. The quantitative estimate of drug-likeness (QED) is 0.718. The normalized spacial score (nSPS) is 24.0. The van der Waals surface area contributed by atoms with Gasteiger partial charge in [0.25, 0.3) is 0 Å². The summed E-state index contributed by atoms with van der Waals surface area (Å²) in [5.41, 5.74) is 3.05. The zero-order valence-electron chi connectivity index (χ0n) is 14.8. The minimum Gasteiger partial charge on any atom is -0.508 e. The smallest absolute Gasteiger partial charge is 0.144 e. The Balaban J connectivity index is 1.90. The molecule has 26 heavy (non-hydrogen) atoms. The second-order valence-electron chi connectivity index (χ2n) is 7.91. The number of phenolic OH excluding ortho intramolecular Hbond substituents is 1. The van der Waals surface area contributed by atoms with Crippen molar-refractivity contribution < 1.29 is 9.90 Å². The van der Waals surface area contributed by atoms with Gasteiger partial charge in [-0.3, -0.25) is 9.79 Å². The lowest BCUT2D eigenvalue weighted by Gasteiger charge is -2.37. The van der Waals surface area contributed by atoms with Gasteiger partial charge in [-0.2, -0.15) is 0 Å². The van der Waals surface area contributed by atoms with E-state index in [1.807, 2.05) is 24.3 Å². The number of aromatic hydroxyl groups is 1. The Morgan fingerprint density at radius 1 is 1.19 bits per heavy atom. The first-order chi connectivity index (χ1) is 12.3. The highest BCUT2D eigenvalue weighted by atomic mass is 35.5. The highest BCUT2D eigenvalue weighted by molar-refractivity contribution is 6.30. The van der Waals surface area contributed by atoms with E-state index in [2.05, 4.69) is 19.2 Å². The molecule has 4 rings (SSSR count). The molecule has 4 nitrogen and oxygen atoms in total. The van der Waals surface area contributed by atoms with Crippen LogP contribution in [0.2, 0.25) is 5.02 Å². The molecule has 1 saturated carbocycles. The summed E-state index contributed by atoms with van der Waals surface area (Å²) in [4.78, 5) is 17.9. The lowest BCUT2D eigenvalue weighted by atomic mass is 9.68. The largest absolute Gasteiger partial charge is 0.508 e. The summed E-state index contributed by atoms with van der Waals surface area (Å²) in [6, 6.07) is 12.3. The average molecular weight is 369 g/mol. The predicted octanol–water partition coefficient (Wildman–Crippen LogP) is 5.29. The number of nitrogens with one attached hydrogen (secondary N) is 1. The van der Waals surface area contributed by atoms with Gasteiger partial charge in [-0.05, 0) is 42.2 Å². The third-order valence-corrected chi connectivity index (χ3v) is 5.39. The van der Waals surface area contributed by atoms with Crippen molar-refractivity contribution in [3.63, 3.8) is 0 Å². The Hall–Kier alpha value is -2.33. The van der Waals surface area contributed by atoms with Crippen LogP contribution in [0.15, 0.2) is 47.5 Å². The van der Waals surface area contributed by atoms with E-state index in [0.29, 0.717) is 17.0 Å². The number of para-hydroxylation sites is 2. The van der Waals surface area contributed by atoms with Crippen molar-refractivity contribution >= 4 is 34.5 Å². The van der Waals surface area contributed by atoms with E-state index in [-0.39, 0.29) is 16.9 Å². The van der Waals surface area contributed by atoms with E-state index in [4.69, 9.17) is 16.6 Å². The summed E-state index contributed by atoms with van der Waals surface area (Å²) in [6.07, 6.45) is 1.24. The number of carbonyl (C=O) groups is 1. The van der Waals surface area contributed by atoms with Gasteiger partial charge in [0.15, 0.2) is 0 Å². The van der Waals surface area contributed by atoms with Crippen LogP contribution in [0, 0.1) is 11.3 Å². The molecule has 2 aliphatic rings. The van der Waals surface area contributed by atoms with Crippen LogP contribution in [0.4, 0.5) is 11.4 Å². The van der Waals surface area contributed by atoms with Gasteiger partial charge in [-0.25, -0.2) is 0 Å². The van der Waals surface area contributed by atoms with Crippen molar-refractivity contribution in [3.05, 3.63) is 53.1 Å². The van der Waals surface area contributed by atoms with E-state index in [9.17, 15) is 9.90 Å². The van der Waals surface area contributed by atoms with Crippen LogP contribution in [-0.4, -0.2) is 16.6 Å². The summed E-state index contributed by atoms with van der Waals surface area (Å²) in [7, 11) is 0. The monoisotopic (exact) mass is 368 g/mol. The topological polar surface area (TPSA) is 61.7 Å². The molecule has 0 radical (unpaired) electrons. The number of nitrogens with zero attached hydrogens (tertiary/aromatic N) is 1. The molecule has 1 aliphatic heterocycles. The van der Waals surface area contributed by atoms with E-state index in [0.717, 1.165) is 23.5 Å². The predicted molar refractivity (Wildman–Crippen MR) is 105 cm³/mol. The van der Waals surface area contributed by atoms with Crippen LogP contribution in [-0.2, 0) is 4.79 Å². The molecule has 134 valence electrons. The Labute approximate surface area is 157 Å². The second kappa shape index (κ2) is 6.13. The maximum Gasteiger partial charge on any atom is 0.144 e. The number of anilines is 1. The zero-order chi connectivity index (χ0) is 18.5. The van der Waals surface area contributed by atoms with Crippen LogP contribution in [0.5, 0.6) is 5.75 Å². The highest BCUT2D eigenvalue weighted by Crippen LogP contribution is 2.46. The van der Waals surface area contributed by atoms with E-state index in [1.54, 1.807) is 18.2 Å². The van der Waals surface area contributed by atoms with Crippen LogP contribution in [0.25, 0.3) is 0 Å². The maximum absolute atomic E-state index is 13.1. The molecule has 0 spiro atoms. The second-order valence-corrected chi connectivity index (χ2v) is 8.34. The van der Waals surface area contributed by atoms with Gasteiger partial charge in [-0.1, -0.05) is 37.6 Å². The van der Waals surface area contributed by atoms with Crippen molar-refractivity contribution in [3.8, 4) is 5.75 Å². The zero-order valence-corrected chi connectivity index (χ0v) is 15.5. The number of carbonyl (C=O) groups excluding carboxylic acids is 1. The number of benzene rings is 2. The molecule has 2 aromatic carbocycles. The number of halogens is 1. The fourth-order valence-corrected chi connectivity index (χ4v) is 4.23. The molecule has 1 aliphatic carbocycles. The van der Waals surface area contributed by atoms with Gasteiger partial charge < -0.3 is 10.4 Å². The first kappa shape index (κ1) is 17.1. The number of hydrogen-bond acceptors (Lipinski definition) is 4. The number of aliphatic imine (C=N–C) groups is 1. The number of phenols is 1. The maximum atomic E-state index is 13.1. The molecule has 2 unspecified atom stereocenters. The van der Waals surface area contributed by atoms with Gasteiger partial charge in [0.1, 0.15) is 11.5 Å². The van der Waals surface area contributed by atoms with Crippen LogP contribution in [0.3, 0.4) is 0 Å². The minimum atomic E-state index is -0.417. The average Bonchev–Trinajstić information content (AvgIpc) is 2.72. The molecule has 2 N–H and O–H groups in total. The van der Waals surface area contributed by atoms with E-state index < -0.39 is 12.0 Å². The highest BCUT2D eigenvalue weighted by Gasteiger charge is 2.44. The Morgan fingerprint density at radius 3 is 2.77 bits per heavy atom. The van der Waals surface area contributed by atoms with Gasteiger partial charge in [0.05, 0.1) is 23.3 Å². The summed E-state index contributed by atoms with van der Waals surface area (Å²) in [5, 5.41) is 14.4. The van der Waals surface area contributed by atoms with Crippen molar-refractivity contribution in [2.45, 2.75) is 32.7 Å². The number of ketones is 1. The summed E-state index contributed by atoms with van der Waals surface area (Å²) in [6.45, 7) is 4.19. The number of fused-ring (bicyclic) bond motifs is 2. The summed E-state index contributed by atoms with van der Waals surface area (Å²) < 4.78 is 0. The molecule has 0 amide bonds. The summed E-state index contributed by atoms with van der Waals surface area (Å²) in [5.74, 6) is -0.146. The third-order valence-electron chi connectivity index (χ3n) is 5.16. The first-order valence-electron chi connectivity index (χ1n) is 8.78. The van der Waals surface area contributed by atoms with Crippen molar-refractivity contribution in [2.24, 2.45) is 16.3 Å². The van der Waals surface area contributed by atoms with Crippen LogP contribution >= 0.6 is 11.6 Å². The molecule has 2 aromatic rings. The molecular formula is C21H21ClN2O2. The van der Waals surface area contributed by atoms with Crippen molar-refractivity contribution in [1.29, 1.82) is 0 Å². The lowest BCUT2D eigenvalue weighted by Crippen LogP contribution is -2.42. The molecular weight excluding hydrogens is 348 g/mol. The molecule has 0 saturated heterocycles. The fourth-order valence-electron chi connectivity index (χ4n) is 4.05. The molecule has 5 heteroatoms. The Kier molecular flexibility index (Phi) is 4.03. The van der Waals surface area contributed by atoms with Gasteiger partial charge in [-0.15, -0.1) is 0 Å². The lowest BCUT2D eigenvalue weighted by molar-refractivity contribution is -0.124. The third kappa shape index (κ3) is 2.99. The first-order valence-corrected chi connectivity index (χ1v) is 9.16. The summed E-state index contributed by atoms with van der Waals surface area (Å²) >= 11 is 6.18. The number of rotatable bonds is 1. The fraction of sp³-hybridized carbons (Fsp3) is 0.333. The molecule has 0 aromatic heterocycles. The number of hydrogen-bond donors (Lipinski definition) is 2. The standard InChI is InChI=1S/C21H21ClN2O2/c1-21(2)10-16-19(18(26)11-21)20(13-9-12(22)7-8-17(13)25)24-15-6-4-3-5-14(15)23-16/h3-9,19-20,24-25H,10-11H2,1-2H3. The van der Waals surface area contributed by atoms with Gasteiger partial charge in [0, 0.05) is 22.7 Å². The molecule has 1 fully saturated rings. The van der Waals surface area contributed by atoms with E-state index >= 15 is 0 Å². The van der Waals surface area contributed by atoms with Crippen LogP contribution < -0.4 is 5.32 Å². The van der Waals surface area contributed by atoms with Gasteiger partial charge in [0.2, 0.25) is 0 Å². The van der Waals surface area contributed by atoms with Crippen molar-refractivity contribution in [1.82, 2.24) is 0 Å². The number of Topliss-reactive ketones (excluding diaryl/α,β-unsaturated/α-hetero) is 1. The van der Waals surface area contributed by atoms with Gasteiger partial charge >= 0.3 is 0 Å². The van der Waals surface area contributed by atoms with Crippen LogP contribution in [0.1, 0.15) is 38.3 Å². The molecule has 2 atom stereocenters. The Bertz CT molecular complexity index is 920. The molecule has 0 bridgehead atoms. The molecule has 1 heterocycles. The Morgan fingerprint density at radius 2 is 1.96 bits per heavy atom.